The van der Waals surface area contributed by atoms with Crippen molar-refractivity contribution in [1.29, 1.82) is 0 Å². The second-order valence-electron chi connectivity index (χ2n) is 21.7. The molecule has 0 unspecified atom stereocenters. The van der Waals surface area contributed by atoms with Crippen molar-refractivity contribution in [2.24, 2.45) is 0 Å². The van der Waals surface area contributed by atoms with Crippen LogP contribution in [0, 0.1) is 6.92 Å². The van der Waals surface area contributed by atoms with Crippen molar-refractivity contribution in [3.8, 4) is 0 Å². The van der Waals surface area contributed by atoms with Crippen LogP contribution in [0.4, 0.5) is 0 Å². The Labute approximate surface area is 598 Å². The topological polar surface area (TPSA) is 80.3 Å². The number of hydrogen-bond acceptors (Lipinski definition) is 4. The van der Waals surface area contributed by atoms with Gasteiger partial charge in [-0.05, 0) is 153 Å². The first-order valence-corrected chi connectivity index (χ1v) is 37.5. The summed E-state index contributed by atoms with van der Waals surface area (Å²) in [6.45, 7) is 2.08. The number of carbonyl (C=O) groups excluding carboxylic acids is 2. The number of hydrogen-bond donors (Lipinski definition) is 0. The second kappa shape index (κ2) is 42.4. The molecule has 0 aliphatic carbocycles. The quantitative estimate of drug-likeness (QED) is 0.0802. The predicted octanol–water partition coefficient (Wildman–Crippen LogP) is 13.1. The van der Waals surface area contributed by atoms with Crippen LogP contribution in [-0.4, -0.2) is 11.9 Å². The van der Waals surface area contributed by atoms with Crippen molar-refractivity contribution < 1.29 is 53.9 Å². The van der Waals surface area contributed by atoms with Gasteiger partial charge in [-0.15, -0.1) is 0 Å². The molecule has 0 amide bonds. The maximum atomic E-state index is 10.3. The minimum Gasteiger partial charge on any atom is -0.545 e. The van der Waals surface area contributed by atoms with E-state index in [1.807, 2.05) is 18.2 Å². The molecular weight excluding hydrogens is 1360 g/mol. The number of carboxylic acid groups (broad SMARTS) is 2. The van der Waals surface area contributed by atoms with Crippen LogP contribution in [0.25, 0.3) is 0 Å². The molecule has 10 heteroatoms. The van der Waals surface area contributed by atoms with E-state index in [9.17, 15) is 19.8 Å². The Morgan fingerprint density at radius 3 is 0.381 bits per heavy atom. The molecule has 0 fully saturated rings. The van der Waals surface area contributed by atoms with Crippen LogP contribution in [0.2, 0.25) is 0 Å². The Kier molecular flexibility index (Phi) is 32.8. The number of aromatic carboxylic acids is 2. The minimum atomic E-state index is -1.52. The van der Waals surface area contributed by atoms with Gasteiger partial charge in [-0.25, -0.2) is 0 Å². The monoisotopic (exact) mass is 1430 g/mol. The van der Waals surface area contributed by atoms with Crippen molar-refractivity contribution in [2.75, 3.05) is 0 Å². The fourth-order valence-electron chi connectivity index (χ4n) is 10.6. The van der Waals surface area contributed by atoms with Gasteiger partial charge in [-0.2, -0.15) is 0 Å². The minimum absolute atomic E-state index is 0. The summed E-state index contributed by atoms with van der Waals surface area (Å²) in [4.78, 5) is 20.6. The standard InChI is InChI=1S/4C18H15P.C8H6O4.C7H8.2Cu/c4*1-4-10-16(11-5-1)19(17-12-6-2-7-13-17)18-14-8-3-9-15-18;9-7(10)5-3-1-2-4-6(5)8(11)12;1-7-5-3-2-4-6-7;;/h4*1-15H;1-4H,(H,9,10)(H,11,12);2-6H,1H3;;/q;;;;;;2*+1/p+2. The van der Waals surface area contributed by atoms with E-state index in [2.05, 4.69) is 383 Å². The number of aryl methyl sites for hydroxylation is 1. The van der Waals surface area contributed by atoms with Crippen LogP contribution >= 0.6 is 31.7 Å². The maximum Gasteiger partial charge on any atom is 1.00 e. The summed E-state index contributed by atoms with van der Waals surface area (Å²) >= 11 is 0. The van der Waals surface area contributed by atoms with Crippen molar-refractivity contribution >= 4 is 107 Å². The smallest absolute Gasteiger partial charge is 0.545 e. The van der Waals surface area contributed by atoms with E-state index in [4.69, 9.17) is 0 Å². The molecule has 0 bridgehead atoms. The van der Waals surface area contributed by atoms with Gasteiger partial charge >= 0.3 is 34.1 Å². The van der Waals surface area contributed by atoms with Gasteiger partial charge in [-0.3, -0.25) is 0 Å². The Bertz CT molecular complexity index is 3520. The number of carboxylic acids is 2. The van der Waals surface area contributed by atoms with Gasteiger partial charge in [0.25, 0.3) is 0 Å². The molecule has 0 saturated heterocycles. The molecule has 0 aliphatic heterocycles. The van der Waals surface area contributed by atoms with Crippen molar-refractivity contribution in [3.05, 3.63) is 435 Å². The van der Waals surface area contributed by atoms with Gasteiger partial charge in [0.05, 0.1) is 43.6 Å². The molecule has 4 nitrogen and oxygen atoms in total. The number of carbonyl (C=O) groups is 2. The van der Waals surface area contributed by atoms with Gasteiger partial charge in [-0.1, -0.05) is 279 Å². The summed E-state index contributed by atoms with van der Waals surface area (Å²) in [6.07, 6.45) is 0. The predicted molar refractivity (Wildman–Crippen MR) is 412 cm³/mol. The third-order valence-corrected chi connectivity index (χ3v) is 26.0. The zero-order valence-corrected chi connectivity index (χ0v) is 59.5. The number of rotatable bonds is 14. The van der Waals surface area contributed by atoms with Gasteiger partial charge in [0, 0.05) is 11.1 Å². The van der Waals surface area contributed by atoms with Crippen LogP contribution in [-0.2, 0) is 34.1 Å². The van der Waals surface area contributed by atoms with E-state index in [0.717, 1.165) is 12.1 Å². The molecule has 14 aromatic rings. The SMILES string of the molecule is Cc1ccccc1.O=C([O-])c1ccccc1C(=O)[O-].[Cu+].[Cu+].c1ccc([PH+](c2ccccc2)c2ccccc2)cc1.c1ccc([PH+](c2ccccc2)c2ccccc2)cc1.c1ccc([PH+](c2ccccc2)c2ccccc2)cc1.c1ccc([PH+](c2ccccc2)c2ccccc2)cc1. The molecular formula is C87H76Cu2O4P4+4. The first kappa shape index (κ1) is 75.2. The van der Waals surface area contributed by atoms with Crippen LogP contribution in [0.3, 0.4) is 0 Å². The van der Waals surface area contributed by atoms with Crippen LogP contribution in [0.5, 0.6) is 0 Å². The summed E-state index contributed by atoms with van der Waals surface area (Å²) in [7, 11) is -3.51. The summed E-state index contributed by atoms with van der Waals surface area (Å²) in [6, 6.07) is 145. The Morgan fingerprint density at radius 1 is 0.186 bits per heavy atom. The molecule has 0 spiro atoms. The largest absolute Gasteiger partial charge is 1.00 e. The summed E-state index contributed by atoms with van der Waals surface area (Å²) in [5.74, 6) is -3.04. The number of benzene rings is 14. The fourth-order valence-corrected chi connectivity index (χ4v) is 20.9. The molecule has 0 radical (unpaired) electrons. The zero-order valence-electron chi connectivity index (χ0n) is 53.6. The van der Waals surface area contributed by atoms with Crippen molar-refractivity contribution in [3.63, 3.8) is 0 Å². The Balaban J connectivity index is 0.000000167. The normalized spacial score (nSPS) is 10.1. The van der Waals surface area contributed by atoms with E-state index in [-0.39, 0.29) is 45.3 Å². The molecule has 14 aromatic carbocycles. The third-order valence-electron chi connectivity index (χ3n) is 15.1. The summed E-state index contributed by atoms with van der Waals surface area (Å²) < 4.78 is 0. The average molecular weight is 1440 g/mol. The first-order chi connectivity index (χ1) is 46.8. The van der Waals surface area contributed by atoms with E-state index in [1.165, 1.54) is 81.4 Å². The second-order valence-corrected chi connectivity index (χ2v) is 31.6. The molecule has 0 heterocycles. The van der Waals surface area contributed by atoms with Crippen molar-refractivity contribution in [1.82, 2.24) is 0 Å². The van der Waals surface area contributed by atoms with Gasteiger partial charge in [0.2, 0.25) is 0 Å². The van der Waals surface area contributed by atoms with Crippen LogP contribution in [0.1, 0.15) is 26.3 Å². The molecule has 97 heavy (non-hydrogen) atoms. The zero-order chi connectivity index (χ0) is 65.9. The Morgan fingerprint density at radius 2 is 0.289 bits per heavy atom. The molecule has 486 valence electrons. The fraction of sp³-hybridized carbons (Fsp3) is 0.0115. The third kappa shape index (κ3) is 23.8. The van der Waals surface area contributed by atoms with E-state index >= 15 is 0 Å². The Hall–Kier alpha value is -9.22. The molecule has 0 N–H and O–H groups in total. The van der Waals surface area contributed by atoms with E-state index in [1.54, 1.807) is 0 Å². The van der Waals surface area contributed by atoms with Crippen molar-refractivity contribution in [2.45, 2.75) is 6.92 Å². The van der Waals surface area contributed by atoms with Gasteiger partial charge in [0.1, 0.15) is 63.7 Å². The van der Waals surface area contributed by atoms with Crippen LogP contribution < -0.4 is 73.9 Å². The van der Waals surface area contributed by atoms with E-state index in [0.29, 0.717) is 0 Å². The van der Waals surface area contributed by atoms with Gasteiger partial charge < -0.3 is 19.8 Å². The molecule has 0 atom stereocenters. The van der Waals surface area contributed by atoms with Gasteiger partial charge in [0.15, 0.2) is 0 Å². The first-order valence-electron chi connectivity index (χ1n) is 31.5. The summed E-state index contributed by atoms with van der Waals surface area (Å²) in [5.41, 5.74) is 0.595. The molecule has 0 saturated carbocycles. The van der Waals surface area contributed by atoms with E-state index < -0.39 is 43.6 Å². The maximum absolute atomic E-state index is 10.3. The molecule has 0 aliphatic rings. The van der Waals surface area contributed by atoms with Crippen LogP contribution in [0.15, 0.2) is 419 Å². The molecule has 14 rings (SSSR count). The molecule has 0 aromatic heterocycles. The summed E-state index contributed by atoms with van der Waals surface area (Å²) in [5, 5.41) is 37.9. The average Bonchev–Trinajstić information content (AvgIpc) is 0.940.